The third kappa shape index (κ3) is 4.89. The Labute approximate surface area is 188 Å². The molecule has 4 rings (SSSR count). The van der Waals surface area contributed by atoms with Gasteiger partial charge in [0.15, 0.2) is 5.13 Å². The Morgan fingerprint density at radius 2 is 1.97 bits per heavy atom. The van der Waals surface area contributed by atoms with Crippen LogP contribution in [-0.4, -0.2) is 39.2 Å². The number of carbonyl (C=O) groups is 2. The standard InChI is InChI=1S/C20H13F2N3O3S3/c21-18(22)28-13-7-3-1-5-11(13)9-15-17(27)25(20(29)31-15)10-16(26)24-19-23-12-6-2-4-8-14(12)30-19/h1-9,18H,10H2,(H,23,24,26)/b15-9+. The average molecular weight is 478 g/mol. The normalized spacial score (nSPS) is 15.3. The van der Waals surface area contributed by atoms with Gasteiger partial charge in [-0.15, -0.1) is 0 Å². The number of benzene rings is 2. The number of rotatable bonds is 6. The van der Waals surface area contributed by atoms with Crippen LogP contribution in [0.3, 0.4) is 0 Å². The molecule has 6 nitrogen and oxygen atoms in total. The molecule has 158 valence electrons. The molecule has 2 amide bonds. The molecule has 1 saturated heterocycles. The Morgan fingerprint density at radius 3 is 2.74 bits per heavy atom. The topological polar surface area (TPSA) is 71.5 Å². The lowest BCUT2D eigenvalue weighted by Gasteiger charge is -2.13. The van der Waals surface area contributed by atoms with E-state index >= 15 is 0 Å². The van der Waals surface area contributed by atoms with E-state index in [0.717, 1.165) is 26.9 Å². The first-order chi connectivity index (χ1) is 14.9. The van der Waals surface area contributed by atoms with E-state index in [1.807, 2.05) is 24.3 Å². The zero-order chi connectivity index (χ0) is 22.0. The molecule has 0 aliphatic carbocycles. The Morgan fingerprint density at radius 1 is 1.23 bits per heavy atom. The van der Waals surface area contributed by atoms with Gasteiger partial charge in [-0.1, -0.05) is 65.6 Å². The first-order valence-electron chi connectivity index (χ1n) is 8.85. The number of anilines is 1. The second-order valence-electron chi connectivity index (χ2n) is 6.22. The zero-order valence-corrected chi connectivity index (χ0v) is 18.0. The molecule has 0 bridgehead atoms. The largest absolute Gasteiger partial charge is 0.434 e. The molecule has 1 aliphatic rings. The van der Waals surface area contributed by atoms with Gasteiger partial charge >= 0.3 is 6.61 Å². The number of halogens is 2. The molecule has 1 fully saturated rings. The van der Waals surface area contributed by atoms with Gasteiger partial charge in [0, 0.05) is 5.56 Å². The number of aromatic nitrogens is 1. The summed E-state index contributed by atoms with van der Waals surface area (Å²) >= 11 is 7.54. The van der Waals surface area contributed by atoms with Gasteiger partial charge in [-0.3, -0.25) is 14.5 Å². The second kappa shape index (κ2) is 9.08. The maximum Gasteiger partial charge on any atom is 0.387 e. The summed E-state index contributed by atoms with van der Waals surface area (Å²) in [5.74, 6) is -0.990. The summed E-state index contributed by atoms with van der Waals surface area (Å²) in [6.07, 6.45) is 1.42. The van der Waals surface area contributed by atoms with Gasteiger partial charge in [0.2, 0.25) is 5.91 Å². The lowest BCUT2D eigenvalue weighted by atomic mass is 10.2. The molecule has 31 heavy (non-hydrogen) atoms. The Bertz CT molecular complexity index is 1180. The monoisotopic (exact) mass is 477 g/mol. The molecule has 11 heteroatoms. The fraction of sp³-hybridized carbons (Fsp3) is 0.100. The Hall–Kier alpha value is -2.89. The van der Waals surface area contributed by atoms with Gasteiger partial charge in [-0.2, -0.15) is 8.78 Å². The molecule has 0 unspecified atom stereocenters. The van der Waals surface area contributed by atoms with Crippen LogP contribution in [-0.2, 0) is 9.59 Å². The van der Waals surface area contributed by atoms with Crippen molar-refractivity contribution in [2.75, 3.05) is 11.9 Å². The van der Waals surface area contributed by atoms with Crippen LogP contribution in [0.15, 0.2) is 53.4 Å². The number of nitrogens with one attached hydrogen (secondary N) is 1. The quantitative estimate of drug-likeness (QED) is 0.409. The van der Waals surface area contributed by atoms with Gasteiger partial charge in [0.25, 0.3) is 5.91 Å². The van der Waals surface area contributed by atoms with Crippen molar-refractivity contribution in [3.8, 4) is 5.75 Å². The maximum atomic E-state index is 12.7. The summed E-state index contributed by atoms with van der Waals surface area (Å²) in [5.41, 5.74) is 1.07. The molecule has 3 aromatic rings. The minimum atomic E-state index is -2.99. The van der Waals surface area contributed by atoms with Crippen molar-refractivity contribution in [1.82, 2.24) is 9.88 Å². The average Bonchev–Trinajstić information content (AvgIpc) is 3.24. The van der Waals surface area contributed by atoms with E-state index in [9.17, 15) is 18.4 Å². The second-order valence-corrected chi connectivity index (χ2v) is 8.93. The number of carbonyl (C=O) groups excluding carboxylic acids is 2. The molecule has 1 N–H and O–H groups in total. The van der Waals surface area contributed by atoms with Crippen molar-refractivity contribution < 1.29 is 23.1 Å². The van der Waals surface area contributed by atoms with Crippen LogP contribution in [0.25, 0.3) is 16.3 Å². The van der Waals surface area contributed by atoms with Crippen molar-refractivity contribution in [2.45, 2.75) is 6.61 Å². The molecule has 2 aromatic carbocycles. The minimum absolute atomic E-state index is 0.0589. The third-order valence-electron chi connectivity index (χ3n) is 4.14. The molecule has 0 saturated carbocycles. The number of hydrogen-bond acceptors (Lipinski definition) is 7. The van der Waals surface area contributed by atoms with E-state index in [0.29, 0.717) is 10.7 Å². The van der Waals surface area contributed by atoms with E-state index in [1.165, 1.54) is 23.5 Å². The Balaban J connectivity index is 1.47. The number of amides is 2. The van der Waals surface area contributed by atoms with Gasteiger partial charge < -0.3 is 10.1 Å². The number of ether oxygens (including phenoxy) is 1. The van der Waals surface area contributed by atoms with Gasteiger partial charge in [0.1, 0.15) is 16.6 Å². The van der Waals surface area contributed by atoms with Crippen LogP contribution in [0, 0.1) is 0 Å². The summed E-state index contributed by atoms with van der Waals surface area (Å²) in [6, 6.07) is 13.6. The van der Waals surface area contributed by atoms with Crippen LogP contribution in [0.4, 0.5) is 13.9 Å². The van der Waals surface area contributed by atoms with Crippen molar-refractivity contribution in [3.05, 3.63) is 59.0 Å². The van der Waals surface area contributed by atoms with E-state index in [2.05, 4.69) is 15.0 Å². The number of alkyl halides is 2. The van der Waals surface area contributed by atoms with Crippen molar-refractivity contribution in [2.24, 2.45) is 0 Å². The lowest BCUT2D eigenvalue weighted by molar-refractivity contribution is -0.126. The Kier molecular flexibility index (Phi) is 6.25. The van der Waals surface area contributed by atoms with Crippen LogP contribution in [0.5, 0.6) is 5.75 Å². The van der Waals surface area contributed by atoms with E-state index in [1.54, 1.807) is 18.2 Å². The predicted octanol–water partition coefficient (Wildman–Crippen LogP) is 4.74. The number of nitrogens with zero attached hydrogens (tertiary/aromatic N) is 2. The molecule has 2 heterocycles. The highest BCUT2D eigenvalue weighted by molar-refractivity contribution is 8.26. The number of thiazole rings is 1. The van der Waals surface area contributed by atoms with Crippen LogP contribution < -0.4 is 10.1 Å². The van der Waals surface area contributed by atoms with Crippen LogP contribution >= 0.6 is 35.3 Å². The van der Waals surface area contributed by atoms with Crippen molar-refractivity contribution >= 4 is 72.9 Å². The highest BCUT2D eigenvalue weighted by Gasteiger charge is 2.33. The fourth-order valence-electron chi connectivity index (χ4n) is 2.81. The SMILES string of the molecule is O=C(CN1C(=O)/C(=C\c2ccccc2OC(F)F)SC1=S)Nc1nc2ccccc2s1. The molecule has 1 aromatic heterocycles. The number of fused-ring (bicyclic) bond motifs is 1. The summed E-state index contributed by atoms with van der Waals surface area (Å²) in [4.78, 5) is 30.9. The van der Waals surface area contributed by atoms with Crippen LogP contribution in [0.1, 0.15) is 5.56 Å². The molecular formula is C20H13F2N3O3S3. The first-order valence-corrected chi connectivity index (χ1v) is 10.9. The minimum Gasteiger partial charge on any atom is -0.434 e. The van der Waals surface area contributed by atoms with Gasteiger partial charge in [-0.25, -0.2) is 4.98 Å². The number of para-hydroxylation sites is 2. The number of hydrogen-bond donors (Lipinski definition) is 1. The molecule has 0 atom stereocenters. The molecule has 0 spiro atoms. The number of thioether (sulfide) groups is 1. The summed E-state index contributed by atoms with van der Waals surface area (Å²) in [7, 11) is 0. The zero-order valence-electron chi connectivity index (χ0n) is 15.6. The fourth-order valence-corrected chi connectivity index (χ4v) is 4.94. The maximum absolute atomic E-state index is 12.7. The number of thiocarbonyl (C=S) groups is 1. The summed E-state index contributed by atoms with van der Waals surface area (Å²) in [6.45, 7) is -3.28. The van der Waals surface area contributed by atoms with Crippen molar-refractivity contribution in [1.29, 1.82) is 0 Å². The molecule has 1 aliphatic heterocycles. The van der Waals surface area contributed by atoms with E-state index in [-0.39, 0.29) is 21.5 Å². The lowest BCUT2D eigenvalue weighted by Crippen LogP contribution is -2.36. The predicted molar refractivity (Wildman–Crippen MR) is 121 cm³/mol. The van der Waals surface area contributed by atoms with Gasteiger partial charge in [-0.05, 0) is 24.3 Å². The first kappa shape index (κ1) is 21.3. The smallest absolute Gasteiger partial charge is 0.387 e. The summed E-state index contributed by atoms with van der Waals surface area (Å²) < 4.78 is 30.8. The molecular weight excluding hydrogens is 464 g/mol. The van der Waals surface area contributed by atoms with E-state index in [4.69, 9.17) is 12.2 Å². The highest BCUT2D eigenvalue weighted by atomic mass is 32.2. The van der Waals surface area contributed by atoms with Gasteiger partial charge in [0.05, 0.1) is 15.1 Å². The highest BCUT2D eigenvalue weighted by Crippen LogP contribution is 2.34. The van der Waals surface area contributed by atoms with E-state index < -0.39 is 18.4 Å². The molecule has 0 radical (unpaired) electrons. The third-order valence-corrected chi connectivity index (χ3v) is 6.47. The van der Waals surface area contributed by atoms with Crippen molar-refractivity contribution in [3.63, 3.8) is 0 Å². The van der Waals surface area contributed by atoms with Crippen LogP contribution in [0.2, 0.25) is 0 Å². The summed E-state index contributed by atoms with van der Waals surface area (Å²) in [5, 5.41) is 3.10.